The number of benzene rings is 1. The van der Waals surface area contributed by atoms with E-state index in [1.807, 2.05) is 42.5 Å². The molecule has 0 aliphatic carbocycles. The molecule has 2 rings (SSSR count). The van der Waals surface area contributed by atoms with E-state index in [4.69, 9.17) is 11.6 Å². The highest BCUT2D eigenvalue weighted by Gasteiger charge is 2.01. The van der Waals surface area contributed by atoms with Crippen molar-refractivity contribution in [1.29, 1.82) is 0 Å². The van der Waals surface area contributed by atoms with Crippen molar-refractivity contribution in [2.24, 2.45) is 0 Å². The molecule has 0 bridgehead atoms. The van der Waals surface area contributed by atoms with E-state index in [0.717, 1.165) is 11.3 Å². The number of pyridine rings is 1. The number of aromatic nitrogens is 1. The van der Waals surface area contributed by atoms with Gasteiger partial charge < -0.3 is 10.6 Å². The molecular weight excluding hydrogens is 286 g/mol. The number of carbonyl (C=O) groups excluding carboxylic acids is 1. The molecule has 1 heterocycles. The van der Waals surface area contributed by atoms with Crippen molar-refractivity contribution in [3.05, 3.63) is 64.9 Å². The first-order valence-electron chi connectivity index (χ1n) is 6.86. The second-order valence-corrected chi connectivity index (χ2v) is 5.09. The summed E-state index contributed by atoms with van der Waals surface area (Å²) in [7, 11) is 0. The quantitative estimate of drug-likeness (QED) is 0.773. The second kappa shape index (κ2) is 8.39. The summed E-state index contributed by atoms with van der Waals surface area (Å²) < 4.78 is 0. The predicted molar refractivity (Wildman–Crippen MR) is 83.9 cm³/mol. The molecule has 0 saturated carbocycles. The van der Waals surface area contributed by atoms with Crippen LogP contribution < -0.4 is 10.6 Å². The number of hydrogen-bond acceptors (Lipinski definition) is 3. The maximum Gasteiger partial charge on any atom is 0.221 e. The number of nitrogens with one attached hydrogen (secondary N) is 2. The molecule has 1 aromatic carbocycles. The summed E-state index contributed by atoms with van der Waals surface area (Å²) in [6.45, 7) is 1.82. The minimum absolute atomic E-state index is 0.0264. The zero-order valence-corrected chi connectivity index (χ0v) is 12.4. The highest BCUT2D eigenvalue weighted by Crippen LogP contribution is 2.09. The lowest BCUT2D eigenvalue weighted by molar-refractivity contribution is -0.121. The van der Waals surface area contributed by atoms with E-state index < -0.39 is 0 Å². The Hall–Kier alpha value is -1.91. The fourth-order valence-corrected chi connectivity index (χ4v) is 1.94. The molecule has 0 spiro atoms. The molecular formula is C16H18ClN3O. The van der Waals surface area contributed by atoms with E-state index in [1.54, 1.807) is 6.20 Å². The van der Waals surface area contributed by atoms with Gasteiger partial charge in [-0.3, -0.25) is 9.78 Å². The third-order valence-electron chi connectivity index (χ3n) is 2.96. The first kappa shape index (κ1) is 15.5. The summed E-state index contributed by atoms with van der Waals surface area (Å²) in [5.74, 6) is 0.0264. The van der Waals surface area contributed by atoms with Crippen LogP contribution in [0.3, 0.4) is 0 Å². The summed E-state index contributed by atoms with van der Waals surface area (Å²) in [5, 5.41) is 6.77. The molecule has 21 heavy (non-hydrogen) atoms. The molecule has 0 saturated heterocycles. The van der Waals surface area contributed by atoms with Gasteiger partial charge in [0.2, 0.25) is 5.91 Å². The first-order valence-corrected chi connectivity index (χ1v) is 7.23. The molecule has 5 heteroatoms. The van der Waals surface area contributed by atoms with Crippen LogP contribution in [0.5, 0.6) is 0 Å². The minimum Gasteiger partial charge on any atom is -0.352 e. The molecule has 0 aliphatic heterocycles. The van der Waals surface area contributed by atoms with Gasteiger partial charge in [-0.15, -0.1) is 0 Å². The monoisotopic (exact) mass is 303 g/mol. The normalized spacial score (nSPS) is 10.3. The largest absolute Gasteiger partial charge is 0.352 e. The first-order chi connectivity index (χ1) is 10.2. The topological polar surface area (TPSA) is 54.0 Å². The number of carbonyl (C=O) groups is 1. The van der Waals surface area contributed by atoms with Crippen LogP contribution in [-0.2, 0) is 17.9 Å². The van der Waals surface area contributed by atoms with Crippen molar-refractivity contribution < 1.29 is 4.79 Å². The smallest absolute Gasteiger partial charge is 0.221 e. The summed E-state index contributed by atoms with van der Waals surface area (Å²) >= 11 is 5.81. The van der Waals surface area contributed by atoms with Crippen LogP contribution in [0.4, 0.5) is 0 Å². The molecule has 2 aromatic rings. The van der Waals surface area contributed by atoms with Crippen LogP contribution in [-0.4, -0.2) is 17.4 Å². The number of amides is 1. The Labute approximate surface area is 129 Å². The summed E-state index contributed by atoms with van der Waals surface area (Å²) in [6.07, 6.45) is 2.20. The number of halogens is 1. The molecule has 1 aromatic heterocycles. The van der Waals surface area contributed by atoms with Crippen LogP contribution in [0.2, 0.25) is 5.02 Å². The average Bonchev–Trinajstić information content (AvgIpc) is 2.52. The number of rotatable bonds is 7. The molecule has 4 nitrogen and oxygen atoms in total. The third-order valence-corrected chi connectivity index (χ3v) is 3.22. The van der Waals surface area contributed by atoms with Gasteiger partial charge in [0.25, 0.3) is 0 Å². The maximum absolute atomic E-state index is 11.7. The Morgan fingerprint density at radius 3 is 2.62 bits per heavy atom. The van der Waals surface area contributed by atoms with Crippen molar-refractivity contribution in [1.82, 2.24) is 15.6 Å². The van der Waals surface area contributed by atoms with E-state index in [9.17, 15) is 4.79 Å². The standard InChI is InChI=1S/C16H18ClN3O/c17-14-6-4-13(5-7-14)11-20-16(21)8-10-18-12-15-3-1-2-9-19-15/h1-7,9,18H,8,10-12H2,(H,20,21). The van der Waals surface area contributed by atoms with Gasteiger partial charge in [0.15, 0.2) is 0 Å². The zero-order valence-electron chi connectivity index (χ0n) is 11.7. The van der Waals surface area contributed by atoms with Gasteiger partial charge in [0.1, 0.15) is 0 Å². The van der Waals surface area contributed by atoms with Crippen molar-refractivity contribution in [3.8, 4) is 0 Å². The van der Waals surface area contributed by atoms with Crippen LogP contribution in [0.1, 0.15) is 17.7 Å². The van der Waals surface area contributed by atoms with Crippen LogP contribution in [0, 0.1) is 0 Å². The second-order valence-electron chi connectivity index (χ2n) is 4.65. The molecule has 2 N–H and O–H groups in total. The van der Waals surface area contributed by atoms with Gasteiger partial charge in [0.05, 0.1) is 5.69 Å². The van der Waals surface area contributed by atoms with Crippen molar-refractivity contribution in [2.75, 3.05) is 6.54 Å². The highest BCUT2D eigenvalue weighted by atomic mass is 35.5. The van der Waals surface area contributed by atoms with E-state index in [1.165, 1.54) is 0 Å². The zero-order chi connectivity index (χ0) is 14.9. The van der Waals surface area contributed by atoms with Crippen molar-refractivity contribution >= 4 is 17.5 Å². The lowest BCUT2D eigenvalue weighted by Gasteiger charge is -2.06. The minimum atomic E-state index is 0.0264. The lowest BCUT2D eigenvalue weighted by atomic mass is 10.2. The van der Waals surface area contributed by atoms with Gasteiger partial charge in [-0.2, -0.15) is 0 Å². The predicted octanol–water partition coefficient (Wildman–Crippen LogP) is 2.53. The third kappa shape index (κ3) is 5.94. The summed E-state index contributed by atoms with van der Waals surface area (Å²) in [4.78, 5) is 15.9. The van der Waals surface area contributed by atoms with Crippen molar-refractivity contribution in [3.63, 3.8) is 0 Å². The van der Waals surface area contributed by atoms with E-state index in [2.05, 4.69) is 15.6 Å². The molecule has 0 fully saturated rings. The molecule has 0 radical (unpaired) electrons. The Balaban J connectivity index is 1.60. The molecule has 0 aliphatic rings. The van der Waals surface area contributed by atoms with E-state index >= 15 is 0 Å². The summed E-state index contributed by atoms with van der Waals surface area (Å²) in [6, 6.07) is 13.2. The molecule has 110 valence electrons. The lowest BCUT2D eigenvalue weighted by Crippen LogP contribution is -2.27. The van der Waals surface area contributed by atoms with Crippen LogP contribution in [0.15, 0.2) is 48.7 Å². The fraction of sp³-hybridized carbons (Fsp3) is 0.250. The van der Waals surface area contributed by atoms with E-state index in [0.29, 0.717) is 31.1 Å². The van der Waals surface area contributed by atoms with Gasteiger partial charge in [-0.1, -0.05) is 29.8 Å². The van der Waals surface area contributed by atoms with Crippen molar-refractivity contribution in [2.45, 2.75) is 19.5 Å². The number of hydrogen-bond donors (Lipinski definition) is 2. The SMILES string of the molecule is O=C(CCNCc1ccccn1)NCc1ccc(Cl)cc1. The Bertz CT molecular complexity index is 557. The van der Waals surface area contributed by atoms with Gasteiger partial charge >= 0.3 is 0 Å². The van der Waals surface area contributed by atoms with Gasteiger partial charge in [0, 0.05) is 37.3 Å². The Morgan fingerprint density at radius 2 is 1.90 bits per heavy atom. The fourth-order valence-electron chi connectivity index (χ4n) is 1.81. The molecule has 1 amide bonds. The Morgan fingerprint density at radius 1 is 1.10 bits per heavy atom. The van der Waals surface area contributed by atoms with E-state index in [-0.39, 0.29) is 5.91 Å². The van der Waals surface area contributed by atoms with Crippen LogP contribution >= 0.6 is 11.6 Å². The molecule has 0 unspecified atom stereocenters. The maximum atomic E-state index is 11.7. The van der Waals surface area contributed by atoms with Gasteiger partial charge in [-0.25, -0.2) is 0 Å². The average molecular weight is 304 g/mol. The number of nitrogens with zero attached hydrogens (tertiary/aromatic N) is 1. The van der Waals surface area contributed by atoms with Crippen LogP contribution in [0.25, 0.3) is 0 Å². The Kier molecular flexibility index (Phi) is 6.19. The highest BCUT2D eigenvalue weighted by molar-refractivity contribution is 6.30. The molecule has 0 atom stereocenters. The summed E-state index contributed by atoms with van der Waals surface area (Å²) in [5.41, 5.74) is 2.01. The van der Waals surface area contributed by atoms with Gasteiger partial charge in [-0.05, 0) is 29.8 Å².